The van der Waals surface area contributed by atoms with Crippen molar-refractivity contribution in [2.75, 3.05) is 59.7 Å². The average Bonchev–Trinajstić information content (AvgIpc) is 2.71. The molecule has 0 atom stereocenters. The summed E-state index contributed by atoms with van der Waals surface area (Å²) in [5, 5.41) is 0. The van der Waals surface area contributed by atoms with Crippen LogP contribution in [0.1, 0.15) is 19.3 Å². The van der Waals surface area contributed by atoms with Crippen molar-refractivity contribution >= 4 is 11.9 Å². The highest BCUT2D eigenvalue weighted by atomic mass is 16.5. The number of methoxy groups -OCH3 is 1. The Labute approximate surface area is 161 Å². The smallest absolute Gasteiger partial charge is 0.307 e. The van der Waals surface area contributed by atoms with Gasteiger partial charge < -0.3 is 19.1 Å². The van der Waals surface area contributed by atoms with Gasteiger partial charge in [-0.3, -0.25) is 14.5 Å². The van der Waals surface area contributed by atoms with Crippen LogP contribution in [0, 0.1) is 0 Å². The zero-order chi connectivity index (χ0) is 19.3. The Balaban J connectivity index is 1.76. The topological polar surface area (TPSA) is 68.3 Å². The molecular weight excluding hydrogens is 348 g/mol. The molecule has 7 heteroatoms. The number of morpholine rings is 1. The van der Waals surface area contributed by atoms with Gasteiger partial charge in [0.1, 0.15) is 5.75 Å². The first-order valence-electron chi connectivity index (χ1n) is 9.51. The van der Waals surface area contributed by atoms with Gasteiger partial charge in [-0.25, -0.2) is 0 Å². The first-order valence-corrected chi connectivity index (χ1v) is 9.51. The molecule has 0 saturated carbocycles. The lowest BCUT2D eigenvalue weighted by Gasteiger charge is -2.28. The van der Waals surface area contributed by atoms with Crippen molar-refractivity contribution in [3.63, 3.8) is 0 Å². The number of hydrogen-bond donors (Lipinski definition) is 0. The summed E-state index contributed by atoms with van der Waals surface area (Å²) in [5.41, 5.74) is 0. The first-order chi connectivity index (χ1) is 13.2. The summed E-state index contributed by atoms with van der Waals surface area (Å²) in [6, 6.07) is 9.43. The van der Waals surface area contributed by atoms with Crippen molar-refractivity contribution in [2.24, 2.45) is 0 Å². The second-order valence-corrected chi connectivity index (χ2v) is 6.43. The van der Waals surface area contributed by atoms with E-state index in [-0.39, 0.29) is 24.7 Å². The maximum Gasteiger partial charge on any atom is 0.307 e. The van der Waals surface area contributed by atoms with Crippen molar-refractivity contribution in [3.05, 3.63) is 30.3 Å². The molecule has 0 spiro atoms. The number of ether oxygens (including phenoxy) is 3. The van der Waals surface area contributed by atoms with E-state index in [1.807, 2.05) is 30.3 Å². The van der Waals surface area contributed by atoms with Crippen LogP contribution in [0.5, 0.6) is 5.75 Å². The van der Waals surface area contributed by atoms with E-state index < -0.39 is 0 Å². The summed E-state index contributed by atoms with van der Waals surface area (Å²) in [5.74, 6) is 0.442. The van der Waals surface area contributed by atoms with Gasteiger partial charge in [-0.15, -0.1) is 0 Å². The van der Waals surface area contributed by atoms with Crippen LogP contribution >= 0.6 is 0 Å². The second kappa shape index (κ2) is 12.3. The van der Waals surface area contributed by atoms with E-state index in [0.29, 0.717) is 19.7 Å². The third kappa shape index (κ3) is 8.41. The van der Waals surface area contributed by atoms with E-state index in [2.05, 4.69) is 4.90 Å². The van der Waals surface area contributed by atoms with Gasteiger partial charge in [0.25, 0.3) is 0 Å². The fourth-order valence-corrected chi connectivity index (χ4v) is 2.93. The second-order valence-electron chi connectivity index (χ2n) is 6.43. The van der Waals surface area contributed by atoms with Crippen molar-refractivity contribution in [1.82, 2.24) is 9.80 Å². The molecule has 1 aromatic carbocycles. The number of benzene rings is 1. The predicted octanol–water partition coefficient (Wildman–Crippen LogP) is 1.57. The van der Waals surface area contributed by atoms with Crippen molar-refractivity contribution in [2.45, 2.75) is 19.3 Å². The number of para-hydroxylation sites is 1. The highest BCUT2D eigenvalue weighted by molar-refractivity contribution is 5.77. The van der Waals surface area contributed by atoms with Crippen molar-refractivity contribution in [3.8, 4) is 5.75 Å². The van der Waals surface area contributed by atoms with Gasteiger partial charge in [-0.05, 0) is 18.6 Å². The zero-order valence-corrected chi connectivity index (χ0v) is 16.1. The normalized spacial score (nSPS) is 14.6. The number of hydrogen-bond acceptors (Lipinski definition) is 6. The van der Waals surface area contributed by atoms with Crippen molar-refractivity contribution < 1.29 is 23.8 Å². The Kier molecular flexibility index (Phi) is 9.65. The predicted molar refractivity (Wildman–Crippen MR) is 102 cm³/mol. The van der Waals surface area contributed by atoms with Crippen LogP contribution in [0.15, 0.2) is 30.3 Å². The Morgan fingerprint density at radius 2 is 1.85 bits per heavy atom. The number of esters is 1. The van der Waals surface area contributed by atoms with E-state index >= 15 is 0 Å². The maximum absolute atomic E-state index is 12.6. The fourth-order valence-electron chi connectivity index (χ4n) is 2.93. The van der Waals surface area contributed by atoms with Gasteiger partial charge in [-0.2, -0.15) is 0 Å². The number of amides is 1. The third-order valence-corrected chi connectivity index (χ3v) is 4.50. The fraction of sp³-hybridized carbons (Fsp3) is 0.600. The number of carbonyl (C=O) groups is 2. The van der Waals surface area contributed by atoms with Crippen LogP contribution in [-0.4, -0.2) is 81.3 Å². The number of carbonyl (C=O) groups excluding carboxylic acids is 2. The lowest BCUT2D eigenvalue weighted by molar-refractivity contribution is -0.141. The van der Waals surface area contributed by atoms with Crippen LogP contribution in [0.4, 0.5) is 0 Å². The van der Waals surface area contributed by atoms with Crippen LogP contribution in [-0.2, 0) is 19.1 Å². The van der Waals surface area contributed by atoms with E-state index in [0.717, 1.165) is 45.0 Å². The van der Waals surface area contributed by atoms with Crippen LogP contribution in [0.3, 0.4) is 0 Å². The molecule has 0 aromatic heterocycles. The van der Waals surface area contributed by atoms with Gasteiger partial charge >= 0.3 is 5.97 Å². The highest BCUT2D eigenvalue weighted by Gasteiger charge is 2.16. The molecule has 1 aliphatic heterocycles. The number of nitrogens with zero attached hydrogens (tertiary/aromatic N) is 2. The summed E-state index contributed by atoms with van der Waals surface area (Å²) in [4.78, 5) is 28.1. The van der Waals surface area contributed by atoms with Gasteiger partial charge in [-0.1, -0.05) is 18.2 Å². The van der Waals surface area contributed by atoms with E-state index in [1.165, 1.54) is 7.11 Å². The summed E-state index contributed by atoms with van der Waals surface area (Å²) >= 11 is 0. The molecule has 1 amide bonds. The molecule has 0 bridgehead atoms. The third-order valence-electron chi connectivity index (χ3n) is 4.50. The molecular formula is C20H30N2O5. The van der Waals surface area contributed by atoms with Gasteiger partial charge in [0.15, 0.2) is 0 Å². The van der Waals surface area contributed by atoms with E-state index in [1.54, 1.807) is 4.90 Å². The Hall–Kier alpha value is -2.12. The van der Waals surface area contributed by atoms with Gasteiger partial charge in [0, 0.05) is 32.7 Å². The molecule has 0 unspecified atom stereocenters. The van der Waals surface area contributed by atoms with Crippen LogP contribution in [0.25, 0.3) is 0 Å². The molecule has 1 fully saturated rings. The standard InChI is InChI=1S/C20H30N2O5/c1-25-20(24)8-12-22(11-5-10-21-13-16-26-17-14-21)19(23)9-15-27-18-6-3-2-4-7-18/h2-4,6-7H,5,8-17H2,1H3. The SMILES string of the molecule is COC(=O)CCN(CCCN1CCOCC1)C(=O)CCOc1ccccc1. The molecule has 0 aliphatic carbocycles. The zero-order valence-electron chi connectivity index (χ0n) is 16.1. The minimum absolute atomic E-state index is 0.00295. The van der Waals surface area contributed by atoms with E-state index in [9.17, 15) is 9.59 Å². The summed E-state index contributed by atoms with van der Waals surface area (Å²) in [6.07, 6.45) is 1.36. The summed E-state index contributed by atoms with van der Waals surface area (Å²) in [6.45, 7) is 5.64. The Morgan fingerprint density at radius 1 is 1.11 bits per heavy atom. The highest BCUT2D eigenvalue weighted by Crippen LogP contribution is 2.09. The molecule has 0 radical (unpaired) electrons. The monoisotopic (exact) mass is 378 g/mol. The Bertz CT molecular complexity index is 561. The molecule has 7 nitrogen and oxygen atoms in total. The molecule has 1 saturated heterocycles. The quantitative estimate of drug-likeness (QED) is 0.545. The summed E-state index contributed by atoms with van der Waals surface area (Å²) in [7, 11) is 1.36. The van der Waals surface area contributed by atoms with Crippen molar-refractivity contribution in [1.29, 1.82) is 0 Å². The Morgan fingerprint density at radius 3 is 2.56 bits per heavy atom. The molecule has 2 rings (SSSR count). The van der Waals surface area contributed by atoms with Crippen LogP contribution < -0.4 is 4.74 Å². The lowest BCUT2D eigenvalue weighted by Crippen LogP contribution is -2.39. The molecule has 0 N–H and O–H groups in total. The molecule has 27 heavy (non-hydrogen) atoms. The average molecular weight is 378 g/mol. The van der Waals surface area contributed by atoms with Crippen LogP contribution in [0.2, 0.25) is 0 Å². The largest absolute Gasteiger partial charge is 0.493 e. The lowest BCUT2D eigenvalue weighted by atomic mass is 10.2. The molecule has 1 aromatic rings. The first kappa shape index (κ1) is 21.2. The number of rotatable bonds is 11. The molecule has 1 heterocycles. The summed E-state index contributed by atoms with van der Waals surface area (Å²) < 4.78 is 15.7. The minimum atomic E-state index is -0.304. The molecule has 1 aliphatic rings. The van der Waals surface area contributed by atoms with Gasteiger partial charge in [0.05, 0.1) is 39.8 Å². The minimum Gasteiger partial charge on any atom is -0.493 e. The maximum atomic E-state index is 12.6. The molecule has 150 valence electrons. The van der Waals surface area contributed by atoms with Gasteiger partial charge in [0.2, 0.25) is 5.91 Å². The van der Waals surface area contributed by atoms with E-state index in [4.69, 9.17) is 14.2 Å².